The molecule has 3 saturated carbocycles. The minimum atomic E-state index is 0. The van der Waals surface area contributed by atoms with Crippen LogP contribution in [0.25, 0.3) is 0 Å². The van der Waals surface area contributed by atoms with Crippen LogP contribution < -0.4 is 26.3 Å². The first-order chi connectivity index (χ1) is 20.6. The van der Waals surface area contributed by atoms with E-state index in [0.717, 1.165) is 53.2 Å². The van der Waals surface area contributed by atoms with E-state index in [0.29, 0.717) is 23.4 Å². The number of ketones is 1. The monoisotopic (exact) mass is 664 g/mol. The van der Waals surface area contributed by atoms with Gasteiger partial charge in [-0.2, -0.15) is 0 Å². The van der Waals surface area contributed by atoms with Crippen molar-refractivity contribution < 1.29 is 31.1 Å². The number of rotatable bonds is 10. The first-order valence-corrected chi connectivity index (χ1v) is 17.6. The minimum absolute atomic E-state index is 0. The second-order valence-electron chi connectivity index (χ2n) is 15.9. The van der Waals surface area contributed by atoms with E-state index >= 15 is 0 Å². The van der Waals surface area contributed by atoms with Crippen molar-refractivity contribution in [3.63, 3.8) is 0 Å². The Morgan fingerprint density at radius 2 is 1.80 bits per heavy atom. The predicted molar refractivity (Wildman–Crippen MR) is 174 cm³/mol. The number of methoxy groups -OCH3 is 1. The lowest BCUT2D eigenvalue weighted by atomic mass is 9.47. The summed E-state index contributed by atoms with van der Waals surface area (Å²) in [6.45, 7) is 13.1. The fraction of sp³-hybridized carbons (Fsp3) is 0.692. The average molecular weight is 666 g/mol. The van der Waals surface area contributed by atoms with Crippen molar-refractivity contribution >= 4 is 5.78 Å². The molecular weight excluding hydrogens is 608 g/mol. The number of imidazole rings is 1. The third kappa shape index (κ3) is 6.25. The molecule has 0 N–H and O–H groups in total. The molecule has 4 nitrogen and oxygen atoms in total. The molecule has 0 saturated heterocycles. The number of halogens is 1. The van der Waals surface area contributed by atoms with Crippen molar-refractivity contribution in [1.82, 2.24) is 4.57 Å². The van der Waals surface area contributed by atoms with Gasteiger partial charge in [0.15, 0.2) is 6.54 Å². The zero-order valence-corrected chi connectivity index (χ0v) is 29.8. The number of ether oxygens (including phenoxy) is 1. The van der Waals surface area contributed by atoms with Crippen LogP contribution in [-0.2, 0) is 6.54 Å². The lowest BCUT2D eigenvalue weighted by Gasteiger charge is -2.58. The van der Waals surface area contributed by atoms with E-state index in [1.807, 2.05) is 28.8 Å². The van der Waals surface area contributed by atoms with E-state index in [1.165, 1.54) is 64.2 Å². The number of hydrogen-bond acceptors (Lipinski definition) is 2. The van der Waals surface area contributed by atoms with E-state index in [9.17, 15) is 4.79 Å². The quantitative estimate of drug-likeness (QED) is 0.171. The van der Waals surface area contributed by atoms with Crippen molar-refractivity contribution in [2.75, 3.05) is 7.11 Å². The minimum Gasteiger partial charge on any atom is -1.00 e. The summed E-state index contributed by atoms with van der Waals surface area (Å²) in [5.74, 6) is 6.21. The summed E-state index contributed by atoms with van der Waals surface area (Å²) >= 11 is 0. The molecule has 0 radical (unpaired) electrons. The number of carbonyl (C=O) groups is 1. The van der Waals surface area contributed by atoms with Gasteiger partial charge in [0.25, 0.3) is 0 Å². The van der Waals surface area contributed by atoms with Crippen molar-refractivity contribution in [3.05, 3.63) is 60.2 Å². The second kappa shape index (κ2) is 13.5. The molecule has 5 heteroatoms. The van der Waals surface area contributed by atoms with Crippen LogP contribution in [0.15, 0.2) is 54.6 Å². The molecule has 4 aliphatic rings. The molecule has 4 aliphatic carbocycles. The van der Waals surface area contributed by atoms with Crippen molar-refractivity contribution in [2.24, 2.45) is 46.3 Å². The number of aromatic nitrogens is 2. The van der Waals surface area contributed by atoms with Gasteiger partial charge in [0.05, 0.1) is 7.11 Å². The Morgan fingerprint density at radius 3 is 2.52 bits per heavy atom. The second-order valence-corrected chi connectivity index (χ2v) is 15.9. The number of nitrogens with zero attached hydrogens (tertiary/aromatic N) is 2. The van der Waals surface area contributed by atoms with Gasteiger partial charge in [0.1, 0.15) is 24.2 Å². The Hall–Kier alpha value is -1.88. The van der Waals surface area contributed by atoms with Crippen LogP contribution in [0.2, 0.25) is 0 Å². The molecule has 242 valence electrons. The van der Waals surface area contributed by atoms with Crippen LogP contribution in [-0.4, -0.2) is 17.5 Å². The highest BCUT2D eigenvalue weighted by molar-refractivity contribution is 5.95. The maximum Gasteiger partial charge on any atom is 0.244 e. The summed E-state index contributed by atoms with van der Waals surface area (Å²) in [6, 6.07) is 7.93. The van der Waals surface area contributed by atoms with Crippen LogP contribution in [0.4, 0.5) is 0 Å². The molecule has 1 aromatic heterocycles. The maximum absolute atomic E-state index is 12.9. The Bertz CT molecular complexity index is 1310. The first kappa shape index (κ1) is 33.5. The summed E-state index contributed by atoms with van der Waals surface area (Å²) in [6.07, 6.45) is 24.2. The summed E-state index contributed by atoms with van der Waals surface area (Å²) in [5.41, 5.74) is 3.39. The zero-order chi connectivity index (χ0) is 30.4. The van der Waals surface area contributed by atoms with Gasteiger partial charge >= 0.3 is 0 Å². The molecule has 0 aliphatic heterocycles. The summed E-state index contributed by atoms with van der Waals surface area (Å²) < 4.78 is 9.67. The standard InChI is InChI=1S/C39H57N2O2.BrH/c1-27(2)8-7-9-28(3)34-16-17-35-33-15-12-30-24-31(18-20-38(30,4)36(33)19-21-39(34,35)5)41-23-22-40(26-41)25-37(42)29-10-13-32(43-6)14-11-29;/h10-14,22-23,26-28,31,33-36H,7-9,15-21,24-25H2,1-6H3;1H/q+1;/p-1/t28-,31+,33+,34-,35+,36+,38+,39-;/m1./s1. The molecule has 6 rings (SSSR count). The van der Waals surface area contributed by atoms with Crippen LogP contribution in [0.1, 0.15) is 122 Å². The van der Waals surface area contributed by atoms with Gasteiger partial charge in [-0.05, 0) is 116 Å². The topological polar surface area (TPSA) is 35.1 Å². The SMILES string of the molecule is COc1ccc(C(=O)C[n+]2ccn([C@H]3CC[C@@]4(C)C(=CC[C@H]5[C@@H]6CC[C@H]([C@H](C)CCCC(C)C)[C@@]6(C)CC[C@@H]54)C3)c2)cc1.[Br-]. The van der Waals surface area contributed by atoms with Crippen LogP contribution in [0, 0.1) is 46.3 Å². The molecule has 1 aromatic carbocycles. The first-order valence-electron chi connectivity index (χ1n) is 17.6. The van der Waals surface area contributed by atoms with Gasteiger partial charge in [0, 0.05) is 12.0 Å². The highest BCUT2D eigenvalue weighted by Crippen LogP contribution is 2.67. The molecule has 2 aromatic rings. The van der Waals surface area contributed by atoms with Crippen LogP contribution in [0.5, 0.6) is 5.75 Å². The highest BCUT2D eigenvalue weighted by Gasteiger charge is 2.59. The van der Waals surface area contributed by atoms with Gasteiger partial charge in [0.2, 0.25) is 12.1 Å². The molecule has 0 unspecified atom stereocenters. The largest absolute Gasteiger partial charge is 1.00 e. The molecule has 1 heterocycles. The van der Waals surface area contributed by atoms with Gasteiger partial charge in [-0.1, -0.05) is 65.5 Å². The summed E-state index contributed by atoms with van der Waals surface area (Å²) in [4.78, 5) is 12.9. The van der Waals surface area contributed by atoms with Gasteiger partial charge in [-0.25, -0.2) is 9.13 Å². The molecular formula is C39H57BrN2O2. The molecule has 8 atom stereocenters. The van der Waals surface area contributed by atoms with Crippen molar-refractivity contribution in [1.29, 1.82) is 0 Å². The fourth-order valence-corrected chi connectivity index (χ4v) is 10.7. The number of hydrogen-bond donors (Lipinski definition) is 0. The zero-order valence-electron chi connectivity index (χ0n) is 28.2. The number of Topliss-reactive ketones (excluding diaryl/α,β-unsaturated/α-hetero) is 1. The van der Waals surface area contributed by atoms with Gasteiger partial charge in [-0.15, -0.1) is 0 Å². The van der Waals surface area contributed by atoms with E-state index in [2.05, 4.69) is 64.0 Å². The molecule has 3 fully saturated rings. The van der Waals surface area contributed by atoms with Crippen molar-refractivity contribution in [2.45, 2.75) is 118 Å². The Morgan fingerprint density at radius 1 is 1.02 bits per heavy atom. The van der Waals surface area contributed by atoms with Crippen LogP contribution in [0.3, 0.4) is 0 Å². The third-order valence-corrected chi connectivity index (χ3v) is 13.2. The van der Waals surface area contributed by atoms with Gasteiger partial charge < -0.3 is 21.7 Å². The molecule has 0 amide bonds. The average Bonchev–Trinajstić information content (AvgIpc) is 3.60. The third-order valence-electron chi connectivity index (χ3n) is 13.2. The normalized spacial score (nSPS) is 33.4. The smallest absolute Gasteiger partial charge is 0.244 e. The van der Waals surface area contributed by atoms with E-state index < -0.39 is 0 Å². The summed E-state index contributed by atoms with van der Waals surface area (Å²) in [5, 5.41) is 0. The molecule has 0 bridgehead atoms. The number of allylic oxidation sites excluding steroid dienone is 2. The number of carbonyl (C=O) groups excluding carboxylic acids is 1. The van der Waals surface area contributed by atoms with E-state index in [4.69, 9.17) is 4.74 Å². The fourth-order valence-electron chi connectivity index (χ4n) is 10.7. The molecule has 0 spiro atoms. The predicted octanol–water partition coefficient (Wildman–Crippen LogP) is 6.25. The lowest BCUT2D eigenvalue weighted by Crippen LogP contribution is -3.00. The highest BCUT2D eigenvalue weighted by atomic mass is 79.9. The van der Waals surface area contributed by atoms with Crippen LogP contribution >= 0.6 is 0 Å². The Kier molecular flexibility index (Phi) is 10.2. The Labute approximate surface area is 277 Å². The lowest BCUT2D eigenvalue weighted by molar-refractivity contribution is -0.682. The number of fused-ring (bicyclic) bond motifs is 5. The van der Waals surface area contributed by atoms with E-state index in [-0.39, 0.29) is 22.8 Å². The Balaban J connectivity index is 0.00000384. The number of benzene rings is 1. The maximum atomic E-state index is 12.9. The van der Waals surface area contributed by atoms with Crippen molar-refractivity contribution in [3.8, 4) is 5.75 Å². The van der Waals surface area contributed by atoms with Gasteiger partial charge in [-0.3, -0.25) is 4.79 Å². The molecule has 44 heavy (non-hydrogen) atoms. The summed E-state index contributed by atoms with van der Waals surface area (Å²) in [7, 11) is 1.65. The van der Waals surface area contributed by atoms with E-state index in [1.54, 1.807) is 12.7 Å².